The second-order valence-corrected chi connectivity index (χ2v) is 4.62. The molecule has 0 bridgehead atoms. The fourth-order valence-corrected chi connectivity index (χ4v) is 2.86. The second kappa shape index (κ2) is 3.55. The minimum Gasteiger partial charge on any atom is -0.497 e. The van der Waals surface area contributed by atoms with Crippen LogP contribution in [0.2, 0.25) is 0 Å². The van der Waals surface area contributed by atoms with Crippen molar-refractivity contribution in [2.75, 3.05) is 20.7 Å². The Hall–Kier alpha value is -1.44. The van der Waals surface area contributed by atoms with Gasteiger partial charge in [-0.1, -0.05) is 6.07 Å². The van der Waals surface area contributed by atoms with E-state index in [0.29, 0.717) is 0 Å². The zero-order valence-electron chi connectivity index (χ0n) is 9.92. The Balaban J connectivity index is 2.12. The number of aryl methyl sites for hydroxylation is 1. The molecule has 0 saturated carbocycles. The molecule has 2 aliphatic rings. The van der Waals surface area contributed by atoms with Gasteiger partial charge in [-0.3, -0.25) is 0 Å². The first-order chi connectivity index (χ1) is 7.79. The third-order valence-electron chi connectivity index (χ3n) is 3.78. The number of ether oxygens (including phenoxy) is 1. The smallest absolute Gasteiger partial charge is 0.119 e. The van der Waals surface area contributed by atoms with Gasteiger partial charge >= 0.3 is 0 Å². The van der Waals surface area contributed by atoms with Crippen molar-refractivity contribution in [3.8, 4) is 5.75 Å². The lowest BCUT2D eigenvalue weighted by Gasteiger charge is -2.23. The Morgan fingerprint density at radius 3 is 2.88 bits per heavy atom. The standard InChI is InChI=1S/C14H17NO/c1-15-8-7-12-13-9-11(16-2)5-3-10(13)4-6-14(12)15/h3,5,9H,4,6-8H2,1-2H3. The van der Waals surface area contributed by atoms with Crippen LogP contribution in [0.3, 0.4) is 0 Å². The van der Waals surface area contributed by atoms with Crippen molar-refractivity contribution in [1.29, 1.82) is 0 Å². The van der Waals surface area contributed by atoms with Crippen molar-refractivity contribution in [2.24, 2.45) is 0 Å². The highest BCUT2D eigenvalue weighted by atomic mass is 16.5. The monoisotopic (exact) mass is 215 g/mol. The van der Waals surface area contributed by atoms with E-state index in [-0.39, 0.29) is 0 Å². The number of methoxy groups -OCH3 is 1. The van der Waals surface area contributed by atoms with Gasteiger partial charge in [-0.05, 0) is 48.1 Å². The number of hydrogen-bond acceptors (Lipinski definition) is 2. The minimum atomic E-state index is 0.974. The van der Waals surface area contributed by atoms with Gasteiger partial charge in [0.15, 0.2) is 0 Å². The van der Waals surface area contributed by atoms with Gasteiger partial charge in [0.25, 0.3) is 0 Å². The van der Waals surface area contributed by atoms with Gasteiger partial charge in [-0.25, -0.2) is 0 Å². The fourth-order valence-electron chi connectivity index (χ4n) is 2.86. The lowest BCUT2D eigenvalue weighted by atomic mass is 9.88. The van der Waals surface area contributed by atoms with Crippen molar-refractivity contribution in [1.82, 2.24) is 4.90 Å². The summed E-state index contributed by atoms with van der Waals surface area (Å²) in [5.74, 6) is 0.974. The number of hydrogen-bond donors (Lipinski definition) is 0. The van der Waals surface area contributed by atoms with Crippen LogP contribution in [-0.2, 0) is 6.42 Å². The summed E-state index contributed by atoms with van der Waals surface area (Å²) in [6.45, 7) is 1.17. The number of benzene rings is 1. The summed E-state index contributed by atoms with van der Waals surface area (Å²) in [6, 6.07) is 6.49. The van der Waals surface area contributed by atoms with Gasteiger partial charge in [0.2, 0.25) is 0 Å². The highest BCUT2D eigenvalue weighted by molar-refractivity contribution is 5.75. The first kappa shape index (κ1) is 9.76. The molecule has 0 atom stereocenters. The molecule has 1 aliphatic carbocycles. The SMILES string of the molecule is COc1ccc2c(c1)C1=C(CC2)N(C)CC1. The Bertz CT molecular complexity index is 462. The Kier molecular flexibility index (Phi) is 2.16. The first-order valence-electron chi connectivity index (χ1n) is 5.90. The molecule has 1 aromatic carbocycles. The molecule has 0 spiro atoms. The van der Waals surface area contributed by atoms with Crippen LogP contribution in [0.15, 0.2) is 23.9 Å². The molecular formula is C14H17NO. The molecule has 3 rings (SSSR count). The summed E-state index contributed by atoms with van der Waals surface area (Å²) in [7, 11) is 3.94. The zero-order chi connectivity index (χ0) is 11.1. The predicted octanol–water partition coefficient (Wildman–Crippen LogP) is 2.69. The molecule has 1 aliphatic heterocycles. The lowest BCUT2D eigenvalue weighted by molar-refractivity contribution is 0.414. The molecule has 16 heavy (non-hydrogen) atoms. The maximum atomic E-state index is 5.32. The maximum absolute atomic E-state index is 5.32. The molecule has 0 radical (unpaired) electrons. The fraction of sp³-hybridized carbons (Fsp3) is 0.429. The van der Waals surface area contributed by atoms with Crippen molar-refractivity contribution >= 4 is 5.57 Å². The largest absolute Gasteiger partial charge is 0.497 e. The van der Waals surface area contributed by atoms with Crippen LogP contribution in [0.5, 0.6) is 5.75 Å². The van der Waals surface area contributed by atoms with E-state index in [4.69, 9.17) is 4.74 Å². The summed E-state index contributed by atoms with van der Waals surface area (Å²) in [4.78, 5) is 2.40. The molecule has 0 aromatic heterocycles. The van der Waals surface area contributed by atoms with Crippen molar-refractivity contribution in [3.05, 3.63) is 35.0 Å². The molecule has 0 unspecified atom stereocenters. The van der Waals surface area contributed by atoms with E-state index < -0.39 is 0 Å². The molecule has 84 valence electrons. The van der Waals surface area contributed by atoms with Crippen LogP contribution in [0.1, 0.15) is 24.0 Å². The van der Waals surface area contributed by atoms with Crippen LogP contribution in [-0.4, -0.2) is 25.6 Å². The predicted molar refractivity (Wildman–Crippen MR) is 65.5 cm³/mol. The van der Waals surface area contributed by atoms with Crippen LogP contribution in [0.25, 0.3) is 5.57 Å². The topological polar surface area (TPSA) is 12.5 Å². The highest BCUT2D eigenvalue weighted by Crippen LogP contribution is 2.40. The van der Waals surface area contributed by atoms with Gasteiger partial charge in [0.1, 0.15) is 5.75 Å². The average molecular weight is 215 g/mol. The molecule has 0 fully saturated rings. The van der Waals surface area contributed by atoms with Gasteiger partial charge in [0.05, 0.1) is 7.11 Å². The highest BCUT2D eigenvalue weighted by Gasteiger charge is 2.26. The van der Waals surface area contributed by atoms with Crippen molar-refractivity contribution < 1.29 is 4.74 Å². The maximum Gasteiger partial charge on any atom is 0.119 e. The van der Waals surface area contributed by atoms with Crippen LogP contribution in [0, 0.1) is 0 Å². The summed E-state index contributed by atoms with van der Waals surface area (Å²) in [5, 5.41) is 0. The van der Waals surface area contributed by atoms with Crippen molar-refractivity contribution in [2.45, 2.75) is 19.3 Å². The Labute approximate surface area is 96.5 Å². The second-order valence-electron chi connectivity index (χ2n) is 4.62. The van der Waals surface area contributed by atoms with Crippen LogP contribution in [0.4, 0.5) is 0 Å². The van der Waals surface area contributed by atoms with E-state index in [1.165, 1.54) is 36.9 Å². The lowest BCUT2D eigenvalue weighted by Crippen LogP contribution is -2.15. The molecule has 0 saturated heterocycles. The van der Waals surface area contributed by atoms with E-state index in [1.54, 1.807) is 18.4 Å². The minimum absolute atomic E-state index is 0.974. The Morgan fingerprint density at radius 2 is 2.06 bits per heavy atom. The summed E-state index contributed by atoms with van der Waals surface area (Å²) in [6.07, 6.45) is 3.56. The zero-order valence-corrected chi connectivity index (χ0v) is 9.92. The Morgan fingerprint density at radius 1 is 1.19 bits per heavy atom. The van der Waals surface area contributed by atoms with Crippen LogP contribution < -0.4 is 4.74 Å². The van der Waals surface area contributed by atoms with E-state index in [1.807, 2.05) is 0 Å². The third kappa shape index (κ3) is 1.33. The van der Waals surface area contributed by atoms with E-state index in [2.05, 4.69) is 30.1 Å². The molecule has 2 nitrogen and oxygen atoms in total. The summed E-state index contributed by atoms with van der Waals surface area (Å²) < 4.78 is 5.32. The van der Waals surface area contributed by atoms with Crippen molar-refractivity contribution in [3.63, 3.8) is 0 Å². The molecule has 0 amide bonds. The number of allylic oxidation sites excluding steroid dienone is 1. The van der Waals surface area contributed by atoms with E-state index >= 15 is 0 Å². The molecule has 2 heteroatoms. The average Bonchev–Trinajstić information content (AvgIpc) is 2.71. The number of fused-ring (bicyclic) bond motifs is 2. The first-order valence-corrected chi connectivity index (χ1v) is 5.90. The quantitative estimate of drug-likeness (QED) is 0.714. The molecular weight excluding hydrogens is 198 g/mol. The summed E-state index contributed by atoms with van der Waals surface area (Å²) in [5.41, 5.74) is 5.99. The summed E-state index contributed by atoms with van der Waals surface area (Å²) >= 11 is 0. The van der Waals surface area contributed by atoms with Gasteiger partial charge in [-0.15, -0.1) is 0 Å². The van der Waals surface area contributed by atoms with E-state index in [9.17, 15) is 0 Å². The molecule has 1 heterocycles. The number of rotatable bonds is 1. The molecule has 0 N–H and O–H groups in total. The van der Waals surface area contributed by atoms with Gasteiger partial charge < -0.3 is 9.64 Å². The molecule has 1 aromatic rings. The van der Waals surface area contributed by atoms with Gasteiger partial charge in [0, 0.05) is 19.3 Å². The van der Waals surface area contributed by atoms with Crippen LogP contribution >= 0.6 is 0 Å². The third-order valence-corrected chi connectivity index (χ3v) is 3.78. The van der Waals surface area contributed by atoms with E-state index in [0.717, 1.165) is 5.75 Å². The van der Waals surface area contributed by atoms with Gasteiger partial charge in [-0.2, -0.15) is 0 Å². The normalized spacial score (nSPS) is 18.5. The number of nitrogens with zero attached hydrogens (tertiary/aromatic N) is 1.